The summed E-state index contributed by atoms with van der Waals surface area (Å²) in [4.78, 5) is 2.69. The Balaban J connectivity index is 2.07. The van der Waals surface area contributed by atoms with Crippen LogP contribution in [0.5, 0.6) is 0 Å². The van der Waals surface area contributed by atoms with Gasteiger partial charge in [0.15, 0.2) is 0 Å². The Kier molecular flexibility index (Phi) is 6.02. The SMILES string of the molecule is CCC(CC)(C(CCc1ccsc1)NN)N1CCCC1. The van der Waals surface area contributed by atoms with E-state index in [1.165, 1.54) is 44.3 Å². The van der Waals surface area contributed by atoms with Crippen LogP contribution in [0.3, 0.4) is 0 Å². The normalized spacial score (nSPS) is 18.6. The van der Waals surface area contributed by atoms with Crippen LogP contribution in [0.2, 0.25) is 0 Å². The highest BCUT2D eigenvalue weighted by Gasteiger charge is 2.41. The monoisotopic (exact) mass is 295 g/mol. The molecule has 0 radical (unpaired) electrons. The number of aryl methyl sites for hydroxylation is 1. The number of nitrogens with zero attached hydrogens (tertiary/aromatic N) is 1. The van der Waals surface area contributed by atoms with Crippen LogP contribution in [0.15, 0.2) is 16.8 Å². The van der Waals surface area contributed by atoms with Crippen molar-refractivity contribution in [1.29, 1.82) is 0 Å². The second-order valence-electron chi connectivity index (χ2n) is 5.89. The Hall–Kier alpha value is -0.420. The molecule has 0 saturated carbocycles. The number of likely N-dealkylation sites (tertiary alicyclic amines) is 1. The molecule has 1 unspecified atom stereocenters. The van der Waals surface area contributed by atoms with Crippen LogP contribution in [0.1, 0.15) is 51.5 Å². The largest absolute Gasteiger partial charge is 0.296 e. The summed E-state index contributed by atoms with van der Waals surface area (Å²) in [5, 5.41) is 4.41. The number of nitrogens with two attached hydrogens (primary N) is 1. The molecule has 0 aromatic carbocycles. The van der Waals surface area contributed by atoms with Crippen LogP contribution < -0.4 is 11.3 Å². The topological polar surface area (TPSA) is 41.3 Å². The van der Waals surface area contributed by atoms with Gasteiger partial charge in [0.25, 0.3) is 0 Å². The van der Waals surface area contributed by atoms with E-state index in [1.807, 2.05) is 0 Å². The van der Waals surface area contributed by atoms with Gasteiger partial charge in [0.1, 0.15) is 0 Å². The molecular formula is C16H29N3S. The molecule has 0 bridgehead atoms. The fourth-order valence-corrected chi connectivity index (χ4v) is 4.53. The molecule has 1 saturated heterocycles. The molecule has 1 aromatic heterocycles. The van der Waals surface area contributed by atoms with E-state index in [1.54, 1.807) is 11.3 Å². The molecular weight excluding hydrogens is 266 g/mol. The molecule has 3 N–H and O–H groups in total. The Morgan fingerprint density at radius 2 is 2.05 bits per heavy atom. The molecule has 2 heterocycles. The third kappa shape index (κ3) is 3.25. The molecule has 2 rings (SSSR count). The maximum atomic E-state index is 5.94. The minimum atomic E-state index is 0.223. The van der Waals surface area contributed by atoms with Gasteiger partial charge in [0.05, 0.1) is 0 Å². The van der Waals surface area contributed by atoms with E-state index in [0.717, 1.165) is 12.8 Å². The summed E-state index contributed by atoms with van der Waals surface area (Å²) < 4.78 is 0. The predicted octanol–water partition coefficient (Wildman–Crippen LogP) is 3.17. The Labute approximate surface area is 127 Å². The molecule has 1 aliphatic rings. The van der Waals surface area contributed by atoms with Crippen molar-refractivity contribution in [2.75, 3.05) is 13.1 Å². The van der Waals surface area contributed by atoms with E-state index in [-0.39, 0.29) is 5.54 Å². The molecule has 1 fully saturated rings. The second-order valence-corrected chi connectivity index (χ2v) is 6.67. The first-order chi connectivity index (χ1) is 9.76. The number of hydrazine groups is 1. The fourth-order valence-electron chi connectivity index (χ4n) is 3.83. The van der Waals surface area contributed by atoms with Gasteiger partial charge in [-0.25, -0.2) is 0 Å². The van der Waals surface area contributed by atoms with Crippen LogP contribution in [-0.4, -0.2) is 29.6 Å². The summed E-state index contributed by atoms with van der Waals surface area (Å²) in [5.41, 5.74) is 4.81. The summed E-state index contributed by atoms with van der Waals surface area (Å²) in [5.74, 6) is 5.94. The van der Waals surface area contributed by atoms with Gasteiger partial charge in [0, 0.05) is 11.6 Å². The van der Waals surface area contributed by atoms with Gasteiger partial charge in [0.2, 0.25) is 0 Å². The van der Waals surface area contributed by atoms with Gasteiger partial charge in [-0.2, -0.15) is 11.3 Å². The van der Waals surface area contributed by atoms with Crippen molar-refractivity contribution in [3.05, 3.63) is 22.4 Å². The average Bonchev–Trinajstić information content (AvgIpc) is 3.16. The molecule has 0 aliphatic carbocycles. The van der Waals surface area contributed by atoms with E-state index in [9.17, 15) is 0 Å². The molecule has 114 valence electrons. The first-order valence-electron chi connectivity index (χ1n) is 7.99. The summed E-state index contributed by atoms with van der Waals surface area (Å²) in [6, 6.07) is 2.60. The van der Waals surface area contributed by atoms with Gasteiger partial charge >= 0.3 is 0 Å². The van der Waals surface area contributed by atoms with Crippen LogP contribution in [0.25, 0.3) is 0 Å². The lowest BCUT2D eigenvalue weighted by atomic mass is 9.80. The van der Waals surface area contributed by atoms with Crippen molar-refractivity contribution < 1.29 is 0 Å². The lowest BCUT2D eigenvalue weighted by molar-refractivity contribution is 0.0587. The van der Waals surface area contributed by atoms with Crippen molar-refractivity contribution in [2.45, 2.75) is 64.0 Å². The van der Waals surface area contributed by atoms with E-state index in [2.05, 4.69) is 41.0 Å². The Morgan fingerprint density at radius 1 is 1.35 bits per heavy atom. The van der Waals surface area contributed by atoms with Crippen LogP contribution >= 0.6 is 11.3 Å². The number of thiophene rings is 1. The standard InChI is InChI=1S/C16H29N3S/c1-3-16(4-2,19-10-5-6-11-19)15(18-17)8-7-14-9-12-20-13-14/h9,12-13,15,18H,3-8,10-11,17H2,1-2H3. The van der Waals surface area contributed by atoms with Crippen LogP contribution in [0.4, 0.5) is 0 Å². The van der Waals surface area contributed by atoms with Crippen LogP contribution in [0, 0.1) is 0 Å². The Bertz CT molecular complexity index is 367. The molecule has 1 aliphatic heterocycles. The highest BCUT2D eigenvalue weighted by Crippen LogP contribution is 2.33. The maximum absolute atomic E-state index is 5.94. The molecule has 1 aromatic rings. The van der Waals surface area contributed by atoms with Gasteiger partial charge in [-0.15, -0.1) is 0 Å². The third-order valence-corrected chi connectivity index (χ3v) is 5.84. The van der Waals surface area contributed by atoms with Crippen molar-refractivity contribution in [3.63, 3.8) is 0 Å². The minimum absolute atomic E-state index is 0.223. The van der Waals surface area contributed by atoms with Crippen molar-refractivity contribution in [1.82, 2.24) is 10.3 Å². The minimum Gasteiger partial charge on any atom is -0.296 e. The second kappa shape index (κ2) is 7.55. The van der Waals surface area contributed by atoms with E-state index in [4.69, 9.17) is 5.84 Å². The zero-order valence-electron chi connectivity index (χ0n) is 12.9. The number of rotatable bonds is 8. The van der Waals surface area contributed by atoms with Gasteiger partial charge in [-0.1, -0.05) is 13.8 Å². The summed E-state index contributed by atoms with van der Waals surface area (Å²) in [7, 11) is 0. The molecule has 4 heteroatoms. The zero-order valence-corrected chi connectivity index (χ0v) is 13.7. The summed E-state index contributed by atoms with van der Waals surface area (Å²) in [6.07, 6.45) is 7.25. The highest BCUT2D eigenvalue weighted by atomic mass is 32.1. The zero-order chi connectivity index (χ0) is 14.4. The summed E-state index contributed by atoms with van der Waals surface area (Å²) >= 11 is 1.78. The summed E-state index contributed by atoms with van der Waals surface area (Å²) in [6.45, 7) is 7.10. The smallest absolute Gasteiger partial charge is 0.0397 e. The fraction of sp³-hybridized carbons (Fsp3) is 0.750. The number of hydrogen-bond donors (Lipinski definition) is 2. The average molecular weight is 295 g/mol. The third-order valence-electron chi connectivity index (χ3n) is 5.11. The maximum Gasteiger partial charge on any atom is 0.0397 e. The van der Waals surface area contributed by atoms with E-state index < -0.39 is 0 Å². The van der Waals surface area contributed by atoms with Crippen molar-refractivity contribution >= 4 is 11.3 Å². The first kappa shape index (κ1) is 16.0. The molecule has 1 atom stereocenters. The quantitative estimate of drug-likeness (QED) is 0.572. The lowest BCUT2D eigenvalue weighted by Gasteiger charge is -2.46. The molecule has 3 nitrogen and oxygen atoms in total. The van der Waals surface area contributed by atoms with Gasteiger partial charge in [-0.3, -0.25) is 16.2 Å². The molecule has 0 spiro atoms. The lowest BCUT2D eigenvalue weighted by Crippen LogP contribution is -2.61. The van der Waals surface area contributed by atoms with Gasteiger partial charge in [-0.05, 0) is 74.0 Å². The van der Waals surface area contributed by atoms with Crippen LogP contribution in [-0.2, 0) is 6.42 Å². The van der Waals surface area contributed by atoms with E-state index in [0.29, 0.717) is 6.04 Å². The first-order valence-corrected chi connectivity index (χ1v) is 8.93. The van der Waals surface area contributed by atoms with Crippen molar-refractivity contribution in [3.8, 4) is 0 Å². The van der Waals surface area contributed by atoms with E-state index >= 15 is 0 Å². The number of hydrogen-bond acceptors (Lipinski definition) is 4. The highest BCUT2D eigenvalue weighted by molar-refractivity contribution is 7.07. The molecule has 20 heavy (non-hydrogen) atoms. The van der Waals surface area contributed by atoms with Crippen molar-refractivity contribution in [2.24, 2.45) is 5.84 Å². The number of nitrogens with one attached hydrogen (secondary N) is 1. The predicted molar refractivity (Wildman–Crippen MR) is 87.9 cm³/mol. The Morgan fingerprint density at radius 3 is 2.55 bits per heavy atom. The molecule has 0 amide bonds. The van der Waals surface area contributed by atoms with Gasteiger partial charge < -0.3 is 0 Å².